The molecule has 1 N–H and O–H groups in total. The Kier molecular flexibility index (Phi) is 1.48. The number of aliphatic hydroxyl groups is 1. The third kappa shape index (κ3) is 1.07. The van der Waals surface area contributed by atoms with E-state index in [1.165, 1.54) is 19.3 Å². The van der Waals surface area contributed by atoms with Gasteiger partial charge < -0.3 is 5.11 Å². The maximum Gasteiger partial charge on any atom is 0.0573 e. The van der Waals surface area contributed by atoms with Gasteiger partial charge in [-0.15, -0.1) is 0 Å². The molecule has 0 aromatic carbocycles. The first-order valence-corrected chi connectivity index (χ1v) is 4.45. The maximum absolute atomic E-state index is 9.08. The molecule has 1 nitrogen and oxygen atoms in total. The molecular formula is C9H16O. The van der Waals surface area contributed by atoms with Crippen LogP contribution in [0.2, 0.25) is 0 Å². The number of aliphatic hydroxyl groups excluding tert-OH is 1. The third-order valence-corrected chi connectivity index (χ3v) is 3.29. The van der Waals surface area contributed by atoms with Gasteiger partial charge in [0.1, 0.15) is 0 Å². The molecule has 10 heavy (non-hydrogen) atoms. The lowest BCUT2D eigenvalue weighted by Gasteiger charge is -2.33. The molecule has 0 aromatic heterocycles. The fraction of sp³-hybridized carbons (Fsp3) is 1.00. The van der Waals surface area contributed by atoms with Crippen LogP contribution in [0.3, 0.4) is 0 Å². The third-order valence-electron chi connectivity index (χ3n) is 3.29. The van der Waals surface area contributed by atoms with Gasteiger partial charge in [-0.1, -0.05) is 13.3 Å². The van der Waals surface area contributed by atoms with Crippen molar-refractivity contribution in [1.29, 1.82) is 0 Å². The molecule has 0 radical (unpaired) electrons. The second-order valence-corrected chi connectivity index (χ2v) is 4.11. The Labute approximate surface area is 62.4 Å². The Morgan fingerprint density at radius 2 is 2.00 bits per heavy atom. The minimum Gasteiger partial charge on any atom is -0.393 e. The lowest BCUT2D eigenvalue weighted by Crippen LogP contribution is -2.23. The summed E-state index contributed by atoms with van der Waals surface area (Å²) in [4.78, 5) is 0. The Balaban J connectivity index is 1.71. The van der Waals surface area contributed by atoms with Crippen LogP contribution in [0.25, 0.3) is 0 Å². The van der Waals surface area contributed by atoms with Crippen LogP contribution in [0, 0.1) is 17.8 Å². The van der Waals surface area contributed by atoms with Gasteiger partial charge in [-0.3, -0.25) is 0 Å². The maximum atomic E-state index is 9.08. The standard InChI is InChI=1S/C9H16O/c1-6-2-3-7(6)4-8-5-9(8)10/h6-10H,2-5H2,1H3. The quantitative estimate of drug-likeness (QED) is 0.620. The van der Waals surface area contributed by atoms with Crippen LogP contribution < -0.4 is 0 Å². The summed E-state index contributed by atoms with van der Waals surface area (Å²) in [6.45, 7) is 2.34. The van der Waals surface area contributed by atoms with Crippen molar-refractivity contribution in [3.8, 4) is 0 Å². The Bertz CT molecular complexity index is 133. The van der Waals surface area contributed by atoms with E-state index in [4.69, 9.17) is 5.11 Å². The summed E-state index contributed by atoms with van der Waals surface area (Å²) < 4.78 is 0. The highest BCUT2D eigenvalue weighted by atomic mass is 16.3. The molecule has 0 bridgehead atoms. The molecule has 2 saturated carbocycles. The van der Waals surface area contributed by atoms with E-state index in [1.54, 1.807) is 0 Å². The fourth-order valence-electron chi connectivity index (χ4n) is 1.96. The van der Waals surface area contributed by atoms with Crippen LogP contribution in [0.5, 0.6) is 0 Å². The molecule has 4 atom stereocenters. The van der Waals surface area contributed by atoms with Crippen molar-refractivity contribution in [3.63, 3.8) is 0 Å². The van der Waals surface area contributed by atoms with Crippen LogP contribution >= 0.6 is 0 Å². The van der Waals surface area contributed by atoms with Crippen molar-refractivity contribution in [2.45, 2.75) is 38.7 Å². The van der Waals surface area contributed by atoms with Crippen molar-refractivity contribution >= 4 is 0 Å². The lowest BCUT2D eigenvalue weighted by molar-refractivity contribution is 0.160. The molecule has 58 valence electrons. The van der Waals surface area contributed by atoms with Gasteiger partial charge in [0.05, 0.1) is 6.10 Å². The summed E-state index contributed by atoms with van der Waals surface area (Å²) >= 11 is 0. The monoisotopic (exact) mass is 140 g/mol. The van der Waals surface area contributed by atoms with E-state index in [0.717, 1.165) is 18.3 Å². The first-order chi connectivity index (χ1) is 4.77. The van der Waals surface area contributed by atoms with E-state index in [1.807, 2.05) is 0 Å². The highest BCUT2D eigenvalue weighted by Crippen LogP contribution is 2.44. The molecule has 2 aliphatic carbocycles. The smallest absolute Gasteiger partial charge is 0.0573 e. The number of rotatable bonds is 2. The molecule has 4 unspecified atom stereocenters. The van der Waals surface area contributed by atoms with Crippen molar-refractivity contribution < 1.29 is 5.11 Å². The molecule has 0 amide bonds. The summed E-state index contributed by atoms with van der Waals surface area (Å²) in [5, 5.41) is 9.08. The molecule has 0 aliphatic heterocycles. The molecule has 2 rings (SSSR count). The van der Waals surface area contributed by atoms with Crippen LogP contribution in [-0.2, 0) is 0 Å². The zero-order valence-corrected chi connectivity index (χ0v) is 6.59. The summed E-state index contributed by atoms with van der Waals surface area (Å²) in [6.07, 6.45) is 5.32. The van der Waals surface area contributed by atoms with Crippen molar-refractivity contribution in [2.75, 3.05) is 0 Å². The minimum absolute atomic E-state index is 0.0767. The molecule has 0 heterocycles. The van der Waals surface area contributed by atoms with Gasteiger partial charge >= 0.3 is 0 Å². The first-order valence-electron chi connectivity index (χ1n) is 4.45. The van der Waals surface area contributed by atoms with Crippen LogP contribution in [-0.4, -0.2) is 11.2 Å². The lowest BCUT2D eigenvalue weighted by atomic mass is 9.72. The Morgan fingerprint density at radius 1 is 1.30 bits per heavy atom. The summed E-state index contributed by atoms with van der Waals surface area (Å²) in [6, 6.07) is 0. The second-order valence-electron chi connectivity index (χ2n) is 4.11. The average Bonchev–Trinajstić information content (AvgIpc) is 2.58. The van der Waals surface area contributed by atoms with Gasteiger partial charge in [0.25, 0.3) is 0 Å². The van der Waals surface area contributed by atoms with E-state index < -0.39 is 0 Å². The highest BCUT2D eigenvalue weighted by molar-refractivity contribution is 4.90. The topological polar surface area (TPSA) is 20.2 Å². The van der Waals surface area contributed by atoms with Gasteiger partial charge in [-0.2, -0.15) is 0 Å². The van der Waals surface area contributed by atoms with Crippen molar-refractivity contribution in [1.82, 2.24) is 0 Å². The Hall–Kier alpha value is -0.0400. The molecule has 1 heteroatoms. The van der Waals surface area contributed by atoms with Crippen molar-refractivity contribution in [3.05, 3.63) is 0 Å². The van der Waals surface area contributed by atoms with Gasteiger partial charge in [0.2, 0.25) is 0 Å². The number of hydrogen-bond donors (Lipinski definition) is 1. The average molecular weight is 140 g/mol. The summed E-state index contributed by atoms with van der Waals surface area (Å²) in [5.41, 5.74) is 0. The highest BCUT2D eigenvalue weighted by Gasteiger charge is 2.39. The molecule has 0 saturated heterocycles. The van der Waals surface area contributed by atoms with E-state index in [2.05, 4.69) is 6.92 Å². The predicted octanol–water partition coefficient (Wildman–Crippen LogP) is 1.80. The molecule has 0 spiro atoms. The van der Waals surface area contributed by atoms with Crippen LogP contribution in [0.4, 0.5) is 0 Å². The predicted molar refractivity (Wildman–Crippen MR) is 40.6 cm³/mol. The van der Waals surface area contributed by atoms with Gasteiger partial charge in [-0.25, -0.2) is 0 Å². The Morgan fingerprint density at radius 3 is 2.30 bits per heavy atom. The summed E-state index contributed by atoms with van der Waals surface area (Å²) in [5.74, 6) is 2.60. The first kappa shape index (κ1) is 6.66. The van der Waals surface area contributed by atoms with E-state index >= 15 is 0 Å². The van der Waals surface area contributed by atoms with E-state index in [0.29, 0.717) is 5.92 Å². The van der Waals surface area contributed by atoms with E-state index in [9.17, 15) is 0 Å². The normalized spacial score (nSPS) is 52.2. The summed E-state index contributed by atoms with van der Waals surface area (Å²) in [7, 11) is 0. The number of hydrogen-bond acceptors (Lipinski definition) is 1. The molecule has 2 fully saturated rings. The largest absolute Gasteiger partial charge is 0.393 e. The SMILES string of the molecule is CC1CCC1CC1CC1O. The van der Waals surface area contributed by atoms with Gasteiger partial charge in [0, 0.05) is 0 Å². The second kappa shape index (κ2) is 2.23. The van der Waals surface area contributed by atoms with Crippen LogP contribution in [0.1, 0.15) is 32.6 Å². The van der Waals surface area contributed by atoms with Gasteiger partial charge in [0.15, 0.2) is 0 Å². The zero-order chi connectivity index (χ0) is 7.14. The molecule has 2 aliphatic rings. The fourth-order valence-corrected chi connectivity index (χ4v) is 1.96. The zero-order valence-electron chi connectivity index (χ0n) is 6.59. The van der Waals surface area contributed by atoms with E-state index in [-0.39, 0.29) is 6.10 Å². The van der Waals surface area contributed by atoms with Crippen LogP contribution in [0.15, 0.2) is 0 Å². The van der Waals surface area contributed by atoms with Gasteiger partial charge in [-0.05, 0) is 37.0 Å². The molecule has 0 aromatic rings. The molecular weight excluding hydrogens is 124 g/mol. The minimum atomic E-state index is 0.0767. The van der Waals surface area contributed by atoms with Crippen molar-refractivity contribution in [2.24, 2.45) is 17.8 Å².